The van der Waals surface area contributed by atoms with Crippen molar-refractivity contribution in [2.45, 2.75) is 0 Å². The normalized spacial score (nSPS) is 12.1. The molecule has 69 heavy (non-hydrogen) atoms. The molecule has 0 aliphatic heterocycles. The van der Waals surface area contributed by atoms with Crippen LogP contribution in [0.1, 0.15) is 0 Å². The minimum atomic E-state index is 1.11. The maximum absolute atomic E-state index is 2.58. The summed E-state index contributed by atoms with van der Waals surface area (Å²) in [4.78, 5) is 4.86. The highest BCUT2D eigenvalue weighted by Crippen LogP contribution is 2.48. The molecule has 15 rings (SSSR count). The average molecular weight is 876 g/mol. The first-order valence-corrected chi connectivity index (χ1v) is 23.8. The van der Waals surface area contributed by atoms with Crippen LogP contribution in [0.4, 0.5) is 34.1 Å². The summed E-state index contributed by atoms with van der Waals surface area (Å²) in [5.41, 5.74) is 10.4. The van der Waals surface area contributed by atoms with Crippen LogP contribution in [0.3, 0.4) is 0 Å². The summed E-state index contributed by atoms with van der Waals surface area (Å²) >= 11 is 0. The molecule has 0 N–H and O–H groups in total. The van der Waals surface area contributed by atoms with Crippen molar-refractivity contribution in [3.8, 4) is 0 Å². The molecule has 0 bridgehead atoms. The molecule has 13 aromatic carbocycles. The summed E-state index contributed by atoms with van der Waals surface area (Å²) in [6, 6.07) is 92.1. The van der Waals surface area contributed by atoms with Gasteiger partial charge in [-0.05, 0) is 138 Å². The van der Waals surface area contributed by atoms with Crippen molar-refractivity contribution < 1.29 is 0 Å². The third-order valence-corrected chi connectivity index (χ3v) is 14.7. The van der Waals surface area contributed by atoms with Crippen LogP contribution in [0, 0.1) is 0 Å². The van der Waals surface area contributed by atoms with Crippen LogP contribution in [0.2, 0.25) is 0 Å². The summed E-state index contributed by atoms with van der Waals surface area (Å²) in [6.45, 7) is 0. The van der Waals surface area contributed by atoms with Gasteiger partial charge in [0.15, 0.2) is 0 Å². The van der Waals surface area contributed by atoms with Gasteiger partial charge < -0.3 is 14.2 Å². The van der Waals surface area contributed by atoms with Gasteiger partial charge >= 0.3 is 0 Å². The molecule has 0 amide bonds. The molecule has 0 saturated carbocycles. The van der Waals surface area contributed by atoms with E-state index in [0.717, 1.165) is 34.1 Å². The first-order chi connectivity index (χ1) is 34.2. The number of hydrogen-bond donors (Lipinski definition) is 0. The van der Waals surface area contributed by atoms with Crippen LogP contribution in [-0.2, 0) is 0 Å². The summed E-state index contributed by atoms with van der Waals surface area (Å²) < 4.78 is 2.58. The van der Waals surface area contributed by atoms with Crippen LogP contribution < -0.4 is 9.80 Å². The fraction of sp³-hybridized carbons (Fsp3) is 0. The molecular weight excluding hydrogens is 835 g/mol. The van der Waals surface area contributed by atoms with Crippen LogP contribution in [0.25, 0.3) is 103 Å². The molecular formula is C66H41N3. The highest BCUT2D eigenvalue weighted by atomic mass is 15.1. The molecule has 2 heterocycles. The van der Waals surface area contributed by atoms with E-state index in [-0.39, 0.29) is 0 Å². The van der Waals surface area contributed by atoms with Gasteiger partial charge in [0.2, 0.25) is 0 Å². The van der Waals surface area contributed by atoms with E-state index in [4.69, 9.17) is 0 Å². The van der Waals surface area contributed by atoms with E-state index in [1.165, 1.54) is 103 Å². The molecule has 0 fully saturated rings. The molecule has 0 saturated heterocycles. The lowest BCUT2D eigenvalue weighted by atomic mass is 9.97. The Morgan fingerprint density at radius 3 is 1.10 bits per heavy atom. The van der Waals surface area contributed by atoms with E-state index in [1.807, 2.05) is 0 Å². The molecule has 0 atom stereocenters. The molecule has 0 radical (unpaired) electrons. The molecule has 0 spiro atoms. The first kappa shape index (κ1) is 38.0. The molecule has 320 valence electrons. The molecule has 0 aliphatic carbocycles. The summed E-state index contributed by atoms with van der Waals surface area (Å²) in [7, 11) is 0. The predicted octanol–water partition coefficient (Wildman–Crippen LogP) is 18.7. The second kappa shape index (κ2) is 14.7. The van der Waals surface area contributed by atoms with Gasteiger partial charge in [0.1, 0.15) is 0 Å². The van der Waals surface area contributed by atoms with Gasteiger partial charge in [-0.25, -0.2) is 0 Å². The number of aromatic nitrogens is 1. The SMILES string of the molecule is c1ccc2cc(N(c3ccc4ccccc4c3)c3ccc4cc5c6ccc(N(c7ccc8ccccc8c7)c7ccc8ccccc8c7)cc6n6c7c8ccccc8ccc7c(c4c3)c56)ccc2c1. The lowest BCUT2D eigenvalue weighted by molar-refractivity contribution is 1.29. The summed E-state index contributed by atoms with van der Waals surface area (Å²) in [5.74, 6) is 0. The number of hydrogen-bond acceptors (Lipinski definition) is 2. The maximum atomic E-state index is 2.58. The van der Waals surface area contributed by atoms with Crippen molar-refractivity contribution >= 4 is 137 Å². The second-order valence-electron chi connectivity index (χ2n) is 18.6. The van der Waals surface area contributed by atoms with E-state index < -0.39 is 0 Å². The minimum Gasteiger partial charge on any atom is -0.310 e. The van der Waals surface area contributed by atoms with Crippen molar-refractivity contribution in [2.75, 3.05) is 9.80 Å². The molecule has 3 nitrogen and oxygen atoms in total. The van der Waals surface area contributed by atoms with Crippen molar-refractivity contribution in [3.63, 3.8) is 0 Å². The third-order valence-electron chi connectivity index (χ3n) is 14.7. The smallest absolute Gasteiger partial charge is 0.0627 e. The van der Waals surface area contributed by atoms with Crippen molar-refractivity contribution in [2.24, 2.45) is 0 Å². The Balaban J connectivity index is 1.01. The van der Waals surface area contributed by atoms with Crippen LogP contribution in [0.5, 0.6) is 0 Å². The fourth-order valence-electron chi connectivity index (χ4n) is 11.5. The van der Waals surface area contributed by atoms with Gasteiger partial charge in [-0.2, -0.15) is 0 Å². The quantitative estimate of drug-likeness (QED) is 0.165. The van der Waals surface area contributed by atoms with Crippen molar-refractivity contribution in [3.05, 3.63) is 249 Å². The van der Waals surface area contributed by atoms with Crippen LogP contribution >= 0.6 is 0 Å². The number of nitrogens with zero attached hydrogens (tertiary/aromatic N) is 3. The monoisotopic (exact) mass is 875 g/mol. The maximum Gasteiger partial charge on any atom is 0.0627 e. The average Bonchev–Trinajstić information content (AvgIpc) is 3.93. The Morgan fingerprint density at radius 2 is 0.594 bits per heavy atom. The Morgan fingerprint density at radius 1 is 0.217 bits per heavy atom. The van der Waals surface area contributed by atoms with E-state index in [1.54, 1.807) is 0 Å². The van der Waals surface area contributed by atoms with Crippen LogP contribution in [0.15, 0.2) is 249 Å². The van der Waals surface area contributed by atoms with Gasteiger partial charge in [-0.1, -0.05) is 170 Å². The summed E-state index contributed by atoms with van der Waals surface area (Å²) in [6.07, 6.45) is 0. The first-order valence-electron chi connectivity index (χ1n) is 23.8. The Bertz CT molecular complexity index is 4420. The van der Waals surface area contributed by atoms with Gasteiger partial charge in [0.05, 0.1) is 16.6 Å². The van der Waals surface area contributed by atoms with E-state index in [0.29, 0.717) is 0 Å². The lowest BCUT2D eigenvalue weighted by Gasteiger charge is -2.26. The highest BCUT2D eigenvalue weighted by Gasteiger charge is 2.24. The van der Waals surface area contributed by atoms with Crippen molar-refractivity contribution in [1.82, 2.24) is 4.40 Å². The predicted molar refractivity (Wildman–Crippen MR) is 296 cm³/mol. The molecule has 2 aromatic heterocycles. The van der Waals surface area contributed by atoms with Gasteiger partial charge in [-0.3, -0.25) is 0 Å². The number of anilines is 6. The summed E-state index contributed by atoms with van der Waals surface area (Å²) in [5, 5.41) is 19.7. The number of rotatable bonds is 6. The zero-order chi connectivity index (χ0) is 45.2. The third kappa shape index (κ3) is 5.81. The lowest BCUT2D eigenvalue weighted by Crippen LogP contribution is -2.10. The molecule has 0 aliphatic rings. The van der Waals surface area contributed by atoms with Gasteiger partial charge in [-0.15, -0.1) is 0 Å². The number of benzene rings is 13. The number of fused-ring (bicyclic) bond motifs is 14. The topological polar surface area (TPSA) is 10.9 Å². The van der Waals surface area contributed by atoms with Crippen molar-refractivity contribution in [1.29, 1.82) is 0 Å². The van der Waals surface area contributed by atoms with E-state index in [9.17, 15) is 0 Å². The second-order valence-corrected chi connectivity index (χ2v) is 18.6. The van der Waals surface area contributed by atoms with Crippen LogP contribution in [-0.4, -0.2) is 4.40 Å². The highest BCUT2D eigenvalue weighted by molar-refractivity contribution is 6.34. The standard InChI is InChI=1S/C66H41N3/c1-5-16-47-35-52(27-21-42(47)11-1)67(53-28-22-43-12-2-6-17-48(43)36-53)56-31-25-51-39-62-59-34-32-57(41-63(59)69-65-58-20-10-9-15-46(58)26-33-60(65)64(66(62)69)61(51)40-56)68(54-29-23-44-13-3-7-18-49(44)37-54)55-30-24-45-14-4-8-19-50(45)38-55/h1-41H. The van der Waals surface area contributed by atoms with Gasteiger partial charge in [0, 0.05) is 61.1 Å². The fourth-order valence-corrected chi connectivity index (χ4v) is 11.5. The largest absolute Gasteiger partial charge is 0.310 e. The van der Waals surface area contributed by atoms with E-state index in [2.05, 4.69) is 263 Å². The Kier molecular flexibility index (Phi) is 8.07. The van der Waals surface area contributed by atoms with E-state index >= 15 is 0 Å². The molecule has 15 aromatic rings. The Hall–Kier alpha value is -9.18. The molecule has 0 unspecified atom stereocenters. The Labute approximate surface area is 397 Å². The molecule has 3 heteroatoms. The van der Waals surface area contributed by atoms with Gasteiger partial charge in [0.25, 0.3) is 0 Å². The zero-order valence-corrected chi connectivity index (χ0v) is 37.5. The zero-order valence-electron chi connectivity index (χ0n) is 37.5. The minimum absolute atomic E-state index is 1.11.